The van der Waals surface area contributed by atoms with E-state index in [1.165, 1.54) is 25.6 Å². The second-order valence-corrected chi connectivity index (χ2v) is 7.39. The molecule has 31 heavy (non-hydrogen) atoms. The van der Waals surface area contributed by atoms with E-state index < -0.39 is 0 Å². The average Bonchev–Trinajstić information content (AvgIpc) is 3.34. The van der Waals surface area contributed by atoms with Gasteiger partial charge in [0.2, 0.25) is 0 Å². The quantitative estimate of drug-likeness (QED) is 0.445. The van der Waals surface area contributed by atoms with Gasteiger partial charge in [-0.25, -0.2) is 4.98 Å². The van der Waals surface area contributed by atoms with Crippen LogP contribution in [-0.2, 0) is 22.7 Å². The number of carbonyl (C=O) groups excluding carboxylic acids is 2. The molecule has 8 heteroatoms. The van der Waals surface area contributed by atoms with Crippen molar-refractivity contribution in [2.45, 2.75) is 19.6 Å². The molecule has 0 aliphatic carbocycles. The van der Waals surface area contributed by atoms with Crippen LogP contribution in [0, 0.1) is 0 Å². The van der Waals surface area contributed by atoms with Crippen molar-refractivity contribution in [2.24, 2.45) is 0 Å². The maximum atomic E-state index is 13.2. The smallest absolute Gasteiger partial charge is 0.307 e. The average molecular weight is 441 g/mol. The minimum Gasteiger partial charge on any atom is -0.493 e. The molecule has 7 nitrogen and oxygen atoms in total. The van der Waals surface area contributed by atoms with Crippen molar-refractivity contribution in [1.82, 2.24) is 9.88 Å². The van der Waals surface area contributed by atoms with Gasteiger partial charge in [-0.2, -0.15) is 0 Å². The fraction of sp³-hybridized carbons (Fsp3) is 0.261. The van der Waals surface area contributed by atoms with Gasteiger partial charge in [0.25, 0.3) is 5.91 Å². The molecule has 0 aliphatic heterocycles. The molecule has 1 aromatic heterocycles. The molecule has 0 aliphatic rings. The van der Waals surface area contributed by atoms with Crippen LogP contribution >= 0.6 is 11.3 Å². The molecule has 3 aromatic rings. The molecule has 1 heterocycles. The van der Waals surface area contributed by atoms with Crippen LogP contribution in [0.2, 0.25) is 0 Å². The fourth-order valence-corrected chi connectivity index (χ4v) is 3.49. The first-order valence-corrected chi connectivity index (χ1v) is 10.6. The highest BCUT2D eigenvalue weighted by Crippen LogP contribution is 2.29. The summed E-state index contributed by atoms with van der Waals surface area (Å²) >= 11 is 1.50. The molecule has 0 radical (unpaired) electrons. The summed E-state index contributed by atoms with van der Waals surface area (Å²) in [5.41, 5.74) is 3.98. The number of nitrogens with zero attached hydrogens (tertiary/aromatic N) is 2. The topological polar surface area (TPSA) is 78.0 Å². The molecule has 0 saturated heterocycles. The Morgan fingerprint density at radius 3 is 2.55 bits per heavy atom. The third-order valence-electron chi connectivity index (χ3n) is 4.59. The first kappa shape index (κ1) is 22.3. The van der Waals surface area contributed by atoms with E-state index in [9.17, 15) is 9.59 Å². The number of methoxy groups -OCH3 is 2. The van der Waals surface area contributed by atoms with Crippen LogP contribution in [0.5, 0.6) is 11.5 Å². The highest BCUT2D eigenvalue weighted by molar-refractivity contribution is 7.07. The van der Waals surface area contributed by atoms with Crippen LogP contribution in [-0.4, -0.2) is 42.5 Å². The second kappa shape index (κ2) is 11.1. The second-order valence-electron chi connectivity index (χ2n) is 6.67. The maximum Gasteiger partial charge on any atom is 0.307 e. The first-order valence-electron chi connectivity index (χ1n) is 9.68. The normalized spacial score (nSPS) is 10.4. The van der Waals surface area contributed by atoms with E-state index in [0.717, 1.165) is 11.3 Å². The zero-order valence-electron chi connectivity index (χ0n) is 17.4. The summed E-state index contributed by atoms with van der Waals surface area (Å²) in [5.74, 6) is 0.399. The summed E-state index contributed by atoms with van der Waals surface area (Å²) in [5, 5.41) is 1.91. The highest BCUT2D eigenvalue weighted by Gasteiger charge is 2.20. The van der Waals surface area contributed by atoms with E-state index in [1.54, 1.807) is 28.6 Å². The van der Waals surface area contributed by atoms with E-state index in [1.807, 2.05) is 35.7 Å². The minimum absolute atomic E-state index is 0.112. The van der Waals surface area contributed by atoms with Gasteiger partial charge in [0.1, 0.15) is 6.61 Å². The number of rotatable bonds is 10. The zero-order valence-corrected chi connectivity index (χ0v) is 18.3. The number of aromatic nitrogens is 1. The third kappa shape index (κ3) is 6.29. The van der Waals surface area contributed by atoms with Crippen LogP contribution in [0.25, 0.3) is 0 Å². The summed E-state index contributed by atoms with van der Waals surface area (Å²) < 4.78 is 16.0. The Kier molecular flexibility index (Phi) is 8.00. The highest BCUT2D eigenvalue weighted by atomic mass is 32.1. The summed E-state index contributed by atoms with van der Waals surface area (Å²) in [7, 11) is 2.86. The predicted molar refractivity (Wildman–Crippen MR) is 117 cm³/mol. The SMILES string of the molecule is COC(=O)CCN(Cc1ccccc1)C(=O)c1ccc(OCc2cscn2)c(OC)c1. The van der Waals surface area contributed by atoms with Crippen molar-refractivity contribution in [2.75, 3.05) is 20.8 Å². The molecular formula is C23H24N2O5S. The number of thiazole rings is 1. The van der Waals surface area contributed by atoms with Gasteiger partial charge < -0.3 is 19.1 Å². The number of hydrogen-bond acceptors (Lipinski definition) is 7. The predicted octanol–water partition coefficient (Wildman–Crippen LogP) is 3.94. The van der Waals surface area contributed by atoms with Crippen molar-refractivity contribution in [3.05, 3.63) is 76.2 Å². The third-order valence-corrected chi connectivity index (χ3v) is 5.22. The summed E-state index contributed by atoms with van der Waals surface area (Å²) in [6.45, 7) is 0.929. The number of esters is 1. The number of amides is 1. The Labute approximate surface area is 185 Å². The minimum atomic E-state index is -0.366. The van der Waals surface area contributed by atoms with Gasteiger partial charge in [0.05, 0.1) is 31.8 Å². The molecular weight excluding hydrogens is 416 g/mol. The van der Waals surface area contributed by atoms with Crippen molar-refractivity contribution in [3.63, 3.8) is 0 Å². The van der Waals surface area contributed by atoms with Crippen LogP contribution in [0.3, 0.4) is 0 Å². The van der Waals surface area contributed by atoms with Crippen molar-refractivity contribution >= 4 is 23.2 Å². The molecule has 0 saturated carbocycles. The lowest BCUT2D eigenvalue weighted by atomic mass is 10.1. The van der Waals surface area contributed by atoms with Crippen molar-refractivity contribution in [3.8, 4) is 11.5 Å². The Morgan fingerprint density at radius 2 is 1.87 bits per heavy atom. The van der Waals surface area contributed by atoms with Crippen LogP contribution in [0.15, 0.2) is 59.4 Å². The van der Waals surface area contributed by atoms with Crippen molar-refractivity contribution < 1.29 is 23.8 Å². The fourth-order valence-electron chi connectivity index (χ4n) is 2.95. The Bertz CT molecular complexity index is 992. The maximum absolute atomic E-state index is 13.2. The number of benzene rings is 2. The van der Waals surface area contributed by atoms with Gasteiger partial charge in [-0.1, -0.05) is 30.3 Å². The van der Waals surface area contributed by atoms with Gasteiger partial charge >= 0.3 is 5.97 Å². The van der Waals surface area contributed by atoms with Gasteiger partial charge in [-0.05, 0) is 23.8 Å². The molecule has 0 unspecified atom stereocenters. The van der Waals surface area contributed by atoms with Crippen LogP contribution in [0.4, 0.5) is 0 Å². The van der Waals surface area contributed by atoms with E-state index in [4.69, 9.17) is 14.2 Å². The van der Waals surface area contributed by atoms with E-state index in [-0.39, 0.29) is 24.8 Å². The van der Waals surface area contributed by atoms with Gasteiger partial charge in [0.15, 0.2) is 11.5 Å². The molecule has 1 amide bonds. The van der Waals surface area contributed by atoms with Gasteiger partial charge in [0, 0.05) is 24.0 Å². The van der Waals surface area contributed by atoms with Crippen molar-refractivity contribution in [1.29, 1.82) is 0 Å². The molecule has 3 rings (SSSR count). The summed E-state index contributed by atoms with van der Waals surface area (Å²) in [6, 6.07) is 14.7. The lowest BCUT2D eigenvalue weighted by Crippen LogP contribution is -2.32. The van der Waals surface area contributed by atoms with Crippen LogP contribution < -0.4 is 9.47 Å². The number of ether oxygens (including phenoxy) is 3. The molecule has 2 aromatic carbocycles. The Balaban J connectivity index is 1.77. The largest absolute Gasteiger partial charge is 0.493 e. The summed E-state index contributed by atoms with van der Waals surface area (Å²) in [4.78, 5) is 30.7. The molecule has 0 spiro atoms. The molecule has 0 atom stereocenters. The van der Waals surface area contributed by atoms with Gasteiger partial charge in [-0.3, -0.25) is 9.59 Å². The molecule has 162 valence electrons. The Hall–Kier alpha value is -3.39. The Morgan fingerprint density at radius 1 is 1.06 bits per heavy atom. The monoisotopic (exact) mass is 440 g/mol. The van der Waals surface area contributed by atoms with Gasteiger partial charge in [-0.15, -0.1) is 11.3 Å². The van der Waals surface area contributed by atoms with E-state index >= 15 is 0 Å². The number of hydrogen-bond donors (Lipinski definition) is 0. The molecule has 0 fully saturated rings. The van der Waals surface area contributed by atoms with Crippen LogP contribution in [0.1, 0.15) is 28.0 Å². The lowest BCUT2D eigenvalue weighted by Gasteiger charge is -2.23. The lowest BCUT2D eigenvalue weighted by molar-refractivity contribution is -0.140. The first-order chi connectivity index (χ1) is 15.1. The standard InChI is InChI=1S/C23H24N2O5S/c1-28-21-12-18(8-9-20(21)30-14-19-15-31-16-24-19)23(27)25(11-10-22(26)29-2)13-17-6-4-3-5-7-17/h3-9,12,15-16H,10-11,13-14H2,1-2H3. The zero-order chi connectivity index (χ0) is 22.1. The van der Waals surface area contributed by atoms with E-state index in [0.29, 0.717) is 30.2 Å². The number of carbonyl (C=O) groups is 2. The van der Waals surface area contributed by atoms with E-state index in [2.05, 4.69) is 4.98 Å². The molecule has 0 bridgehead atoms. The molecule has 0 N–H and O–H groups in total. The summed E-state index contributed by atoms with van der Waals surface area (Å²) in [6.07, 6.45) is 0.112.